The van der Waals surface area contributed by atoms with E-state index in [4.69, 9.17) is 9.90 Å². The molecular weight excluding hydrogens is 458 g/mol. The average Bonchev–Trinajstić information content (AvgIpc) is 3.41. The summed E-state index contributed by atoms with van der Waals surface area (Å²) in [5.74, 6) is -2.32. The van der Waals surface area contributed by atoms with Gasteiger partial charge in [0.1, 0.15) is 5.82 Å². The monoisotopic (exact) mass is 487 g/mol. The van der Waals surface area contributed by atoms with E-state index in [0.29, 0.717) is 37.7 Å². The maximum atomic E-state index is 13.7. The molecule has 1 aromatic rings. The van der Waals surface area contributed by atoms with Gasteiger partial charge in [-0.3, -0.25) is 14.5 Å². The number of hydrogen-bond donors (Lipinski definition) is 1. The minimum absolute atomic E-state index is 0.0237. The summed E-state index contributed by atoms with van der Waals surface area (Å²) < 4.78 is 45.4. The Labute approximate surface area is 195 Å². The topological polar surface area (TPSA) is 81.2 Å². The number of carboxylic acids is 1. The number of amides is 2. The van der Waals surface area contributed by atoms with Gasteiger partial charge < -0.3 is 14.9 Å². The number of benzene rings is 1. The van der Waals surface area contributed by atoms with Crippen molar-refractivity contribution in [1.29, 1.82) is 0 Å². The van der Waals surface area contributed by atoms with E-state index >= 15 is 0 Å². The summed E-state index contributed by atoms with van der Waals surface area (Å²) in [4.78, 5) is 40.0. The van der Waals surface area contributed by atoms with Crippen LogP contribution in [-0.2, 0) is 14.4 Å². The number of likely N-dealkylation sites (N-methyl/N-ethyl adjacent to an activating group) is 1. The number of rotatable bonds is 3. The molecule has 11 heteroatoms. The SMILES string of the molecule is CN1CC(=O)N(c2cccc(F)c2)CC12CCN(C(=O)CC1CCCC1)C2.O=C(O)C(F)(F)F. The molecule has 1 aromatic carbocycles. The Morgan fingerprint density at radius 1 is 1.18 bits per heavy atom. The highest BCUT2D eigenvalue weighted by molar-refractivity contribution is 5.96. The highest BCUT2D eigenvalue weighted by Crippen LogP contribution is 2.35. The first-order chi connectivity index (χ1) is 15.9. The molecule has 4 rings (SSSR count). The van der Waals surface area contributed by atoms with E-state index in [1.807, 2.05) is 11.9 Å². The van der Waals surface area contributed by atoms with Gasteiger partial charge in [0, 0.05) is 31.7 Å². The van der Waals surface area contributed by atoms with E-state index < -0.39 is 12.1 Å². The predicted molar refractivity (Wildman–Crippen MR) is 116 cm³/mol. The van der Waals surface area contributed by atoms with Crippen LogP contribution in [0.3, 0.4) is 0 Å². The van der Waals surface area contributed by atoms with E-state index in [-0.39, 0.29) is 23.2 Å². The minimum atomic E-state index is -5.08. The lowest BCUT2D eigenvalue weighted by atomic mass is 9.92. The van der Waals surface area contributed by atoms with E-state index in [0.717, 1.165) is 13.0 Å². The highest BCUT2D eigenvalue weighted by atomic mass is 19.4. The van der Waals surface area contributed by atoms with Crippen LogP contribution < -0.4 is 4.90 Å². The number of alkyl halides is 3. The summed E-state index contributed by atoms with van der Waals surface area (Å²) >= 11 is 0. The molecule has 1 spiro atoms. The summed E-state index contributed by atoms with van der Waals surface area (Å²) in [6.07, 6.45) is 1.26. The Kier molecular flexibility index (Phi) is 7.84. The second-order valence-electron chi connectivity index (χ2n) is 9.26. The number of aliphatic carboxylic acids is 1. The number of hydrogen-bond acceptors (Lipinski definition) is 4. The molecule has 0 aromatic heterocycles. The molecule has 1 unspecified atom stereocenters. The second kappa shape index (κ2) is 10.3. The molecule has 0 radical (unpaired) electrons. The summed E-state index contributed by atoms with van der Waals surface area (Å²) in [6, 6.07) is 6.21. The van der Waals surface area contributed by atoms with Gasteiger partial charge in [-0.1, -0.05) is 18.9 Å². The van der Waals surface area contributed by atoms with E-state index in [2.05, 4.69) is 4.90 Å². The zero-order valence-corrected chi connectivity index (χ0v) is 19.0. The quantitative estimate of drug-likeness (QED) is 0.662. The number of likely N-dealkylation sites (tertiary alicyclic amines) is 1. The largest absolute Gasteiger partial charge is 0.490 e. The van der Waals surface area contributed by atoms with Crippen LogP contribution in [0.4, 0.5) is 23.2 Å². The lowest BCUT2D eigenvalue weighted by Crippen LogP contribution is -2.64. The summed E-state index contributed by atoms with van der Waals surface area (Å²) in [6.45, 7) is 2.18. The fraction of sp³-hybridized carbons (Fsp3) is 0.609. The third-order valence-electron chi connectivity index (χ3n) is 6.92. The van der Waals surface area contributed by atoms with Gasteiger partial charge in [0.15, 0.2) is 0 Å². The van der Waals surface area contributed by atoms with Crippen molar-refractivity contribution < 1.29 is 37.1 Å². The zero-order valence-electron chi connectivity index (χ0n) is 19.0. The second-order valence-corrected chi connectivity index (χ2v) is 9.26. The Hall–Kier alpha value is -2.69. The van der Waals surface area contributed by atoms with E-state index in [1.54, 1.807) is 17.0 Å². The minimum Gasteiger partial charge on any atom is -0.475 e. The van der Waals surface area contributed by atoms with Crippen molar-refractivity contribution in [2.75, 3.05) is 38.1 Å². The van der Waals surface area contributed by atoms with Crippen molar-refractivity contribution in [2.45, 2.75) is 50.2 Å². The van der Waals surface area contributed by atoms with Crippen molar-refractivity contribution in [3.05, 3.63) is 30.1 Å². The Morgan fingerprint density at radius 3 is 2.41 bits per heavy atom. The van der Waals surface area contributed by atoms with Gasteiger partial charge in [-0.25, -0.2) is 9.18 Å². The zero-order chi connectivity index (χ0) is 25.1. The molecule has 7 nitrogen and oxygen atoms in total. The third-order valence-corrected chi connectivity index (χ3v) is 6.92. The number of carbonyl (C=O) groups is 3. The Balaban J connectivity index is 0.000000406. The molecule has 2 saturated heterocycles. The molecule has 1 saturated carbocycles. The molecule has 1 aliphatic carbocycles. The first kappa shape index (κ1) is 25.9. The van der Waals surface area contributed by atoms with Gasteiger partial charge in [0.2, 0.25) is 11.8 Å². The number of piperazine rings is 1. The van der Waals surface area contributed by atoms with E-state index in [1.165, 1.54) is 37.8 Å². The van der Waals surface area contributed by atoms with Gasteiger partial charge in [0.05, 0.1) is 12.1 Å². The number of halogens is 4. The molecule has 1 atom stereocenters. The first-order valence-corrected chi connectivity index (χ1v) is 11.3. The molecule has 3 aliphatic rings. The normalized spacial score (nSPS) is 23.9. The van der Waals surface area contributed by atoms with Crippen LogP contribution >= 0.6 is 0 Å². The lowest BCUT2D eigenvalue weighted by Gasteiger charge is -2.46. The van der Waals surface area contributed by atoms with Crippen LogP contribution in [0, 0.1) is 11.7 Å². The number of carbonyl (C=O) groups excluding carboxylic acids is 2. The Morgan fingerprint density at radius 2 is 1.82 bits per heavy atom. The van der Waals surface area contributed by atoms with Gasteiger partial charge in [0.25, 0.3) is 0 Å². The highest BCUT2D eigenvalue weighted by Gasteiger charge is 2.48. The van der Waals surface area contributed by atoms with Crippen LogP contribution in [-0.4, -0.2) is 77.6 Å². The summed E-state index contributed by atoms with van der Waals surface area (Å²) in [5, 5.41) is 7.12. The first-order valence-electron chi connectivity index (χ1n) is 11.3. The smallest absolute Gasteiger partial charge is 0.475 e. The third kappa shape index (κ3) is 6.05. The molecule has 2 aliphatic heterocycles. The molecule has 34 heavy (non-hydrogen) atoms. The number of nitrogens with zero attached hydrogens (tertiary/aromatic N) is 3. The van der Waals surface area contributed by atoms with E-state index in [9.17, 15) is 27.2 Å². The predicted octanol–water partition coefficient (Wildman–Crippen LogP) is 3.29. The molecule has 0 bridgehead atoms. The molecular formula is C23H29F4N3O4. The van der Waals surface area contributed by atoms with Crippen molar-refractivity contribution in [3.63, 3.8) is 0 Å². The van der Waals surface area contributed by atoms with Gasteiger partial charge in [-0.2, -0.15) is 13.2 Å². The van der Waals surface area contributed by atoms with Crippen LogP contribution in [0.2, 0.25) is 0 Å². The molecule has 2 heterocycles. The van der Waals surface area contributed by atoms with Crippen molar-refractivity contribution in [3.8, 4) is 0 Å². The van der Waals surface area contributed by atoms with Crippen LogP contribution in [0.15, 0.2) is 24.3 Å². The number of carboxylic acid groups (broad SMARTS) is 1. The van der Waals surface area contributed by atoms with Gasteiger partial charge >= 0.3 is 12.1 Å². The fourth-order valence-electron chi connectivity index (χ4n) is 4.94. The summed E-state index contributed by atoms with van der Waals surface area (Å²) in [7, 11) is 1.96. The van der Waals surface area contributed by atoms with Gasteiger partial charge in [-0.05, 0) is 50.4 Å². The lowest BCUT2D eigenvalue weighted by molar-refractivity contribution is -0.192. The Bertz CT molecular complexity index is 920. The fourth-order valence-corrected chi connectivity index (χ4v) is 4.94. The van der Waals surface area contributed by atoms with Crippen molar-refractivity contribution >= 4 is 23.5 Å². The van der Waals surface area contributed by atoms with Crippen LogP contribution in [0.5, 0.6) is 0 Å². The standard InChI is InChI=1S/C21H28FN3O2.C2HF3O2/c1-23-13-20(27)25(18-8-4-7-17(22)12-18)15-21(23)9-10-24(14-21)19(26)11-16-5-2-3-6-16;3-2(4,5)1(6)7/h4,7-8,12,16H,2-3,5-6,9-11,13-15H2,1H3;(H,6,7). The van der Waals surface area contributed by atoms with Crippen LogP contribution in [0.1, 0.15) is 38.5 Å². The average molecular weight is 487 g/mol. The molecule has 1 N–H and O–H groups in total. The van der Waals surface area contributed by atoms with Gasteiger partial charge in [-0.15, -0.1) is 0 Å². The van der Waals surface area contributed by atoms with Crippen molar-refractivity contribution in [2.24, 2.45) is 5.92 Å². The maximum absolute atomic E-state index is 13.7. The summed E-state index contributed by atoms with van der Waals surface area (Å²) in [5.41, 5.74) is 0.356. The molecule has 3 fully saturated rings. The van der Waals surface area contributed by atoms with Crippen LogP contribution in [0.25, 0.3) is 0 Å². The molecule has 2 amide bonds. The maximum Gasteiger partial charge on any atom is 0.490 e. The molecule has 188 valence electrons. The number of anilines is 1. The van der Waals surface area contributed by atoms with Crippen molar-refractivity contribution in [1.82, 2.24) is 9.80 Å².